The van der Waals surface area contributed by atoms with Crippen molar-refractivity contribution in [3.8, 4) is 0 Å². The van der Waals surface area contributed by atoms with Crippen molar-refractivity contribution in [1.29, 1.82) is 0 Å². The van der Waals surface area contributed by atoms with E-state index in [2.05, 4.69) is 10.3 Å². The van der Waals surface area contributed by atoms with Gasteiger partial charge in [0, 0.05) is 29.1 Å². The Labute approximate surface area is 129 Å². The zero-order valence-electron chi connectivity index (χ0n) is 11.9. The molecule has 1 saturated carbocycles. The molecule has 1 heterocycles. The van der Waals surface area contributed by atoms with E-state index in [0.717, 1.165) is 36.6 Å². The third kappa shape index (κ3) is 3.35. The highest BCUT2D eigenvalue weighted by molar-refractivity contribution is 6.20. The topological polar surface area (TPSA) is 42.0 Å². The predicted molar refractivity (Wildman–Crippen MR) is 85.7 cm³/mol. The number of carbonyl (C=O) groups is 1. The fourth-order valence-corrected chi connectivity index (χ4v) is 3.45. The van der Waals surface area contributed by atoms with Gasteiger partial charge in [-0.25, -0.2) is 0 Å². The minimum absolute atomic E-state index is 0.0229. The summed E-state index contributed by atoms with van der Waals surface area (Å²) in [6, 6.07) is 9.44. The summed E-state index contributed by atoms with van der Waals surface area (Å²) in [6.07, 6.45) is 6.15. The van der Waals surface area contributed by atoms with Gasteiger partial charge in [0.1, 0.15) is 0 Å². The highest BCUT2D eigenvalue weighted by Gasteiger charge is 2.21. The first kappa shape index (κ1) is 14.3. The first-order chi connectivity index (χ1) is 10.2. The predicted octanol–water partition coefficient (Wildman–Crippen LogP) is 3.76. The Bertz CT molecular complexity index is 638. The number of halogens is 1. The lowest BCUT2D eigenvalue weighted by Crippen LogP contribution is -2.32. The molecule has 2 aromatic rings. The molecule has 1 fully saturated rings. The second-order valence-electron chi connectivity index (χ2n) is 5.72. The molecule has 110 valence electrons. The number of amides is 1. The molecule has 0 aliphatic heterocycles. The molecule has 0 radical (unpaired) electrons. The summed E-state index contributed by atoms with van der Waals surface area (Å²) >= 11 is 6.20. The van der Waals surface area contributed by atoms with Gasteiger partial charge in [0.15, 0.2) is 0 Å². The van der Waals surface area contributed by atoms with E-state index in [0.29, 0.717) is 18.0 Å². The molecular weight excluding hydrogens is 284 g/mol. The fourth-order valence-electron chi connectivity index (χ4n) is 3.04. The molecule has 0 spiro atoms. The molecule has 3 nitrogen and oxygen atoms in total. The van der Waals surface area contributed by atoms with Gasteiger partial charge in [0.2, 0.25) is 0 Å². The molecule has 1 aliphatic carbocycles. The lowest BCUT2D eigenvalue weighted by atomic mass is 9.89. The van der Waals surface area contributed by atoms with Crippen LogP contribution in [0.4, 0.5) is 0 Å². The van der Waals surface area contributed by atoms with E-state index in [1.165, 1.54) is 0 Å². The standard InChI is InChI=1S/C17H19ClN2O/c18-13-5-1-4-12(10-13)11-20-17(21)15-6-2-8-16-14(15)7-3-9-19-16/h2-3,6-9,12-13H,1,4-5,10-11H2,(H,20,21). The molecule has 2 atom stereocenters. The third-order valence-corrected chi connectivity index (χ3v) is 4.56. The van der Waals surface area contributed by atoms with Crippen molar-refractivity contribution in [1.82, 2.24) is 10.3 Å². The van der Waals surface area contributed by atoms with Crippen LogP contribution in [0, 0.1) is 5.92 Å². The number of hydrogen-bond donors (Lipinski definition) is 1. The van der Waals surface area contributed by atoms with Crippen LogP contribution in [0.25, 0.3) is 10.9 Å². The van der Waals surface area contributed by atoms with E-state index in [1.807, 2.05) is 30.3 Å². The molecule has 21 heavy (non-hydrogen) atoms. The average Bonchev–Trinajstić information content (AvgIpc) is 2.52. The van der Waals surface area contributed by atoms with Crippen molar-refractivity contribution in [2.75, 3.05) is 6.54 Å². The van der Waals surface area contributed by atoms with Crippen molar-refractivity contribution >= 4 is 28.4 Å². The van der Waals surface area contributed by atoms with Gasteiger partial charge in [-0.15, -0.1) is 11.6 Å². The minimum Gasteiger partial charge on any atom is -0.352 e. The molecule has 1 aliphatic rings. The summed E-state index contributed by atoms with van der Waals surface area (Å²) in [5, 5.41) is 4.22. The second kappa shape index (κ2) is 6.44. The van der Waals surface area contributed by atoms with Crippen molar-refractivity contribution < 1.29 is 4.79 Å². The van der Waals surface area contributed by atoms with Crippen molar-refractivity contribution in [2.24, 2.45) is 5.92 Å². The quantitative estimate of drug-likeness (QED) is 0.877. The highest BCUT2D eigenvalue weighted by Crippen LogP contribution is 2.27. The Kier molecular flexibility index (Phi) is 4.39. The van der Waals surface area contributed by atoms with Crippen LogP contribution in [0.5, 0.6) is 0 Å². The molecule has 4 heteroatoms. The number of nitrogens with zero attached hydrogens (tertiary/aromatic N) is 1. The van der Waals surface area contributed by atoms with Crippen LogP contribution >= 0.6 is 11.6 Å². The fraction of sp³-hybridized carbons (Fsp3) is 0.412. The van der Waals surface area contributed by atoms with Crippen LogP contribution in [-0.4, -0.2) is 22.8 Å². The van der Waals surface area contributed by atoms with Gasteiger partial charge in [-0.05, 0) is 43.4 Å². The van der Waals surface area contributed by atoms with Crippen LogP contribution in [0.15, 0.2) is 36.5 Å². The number of fused-ring (bicyclic) bond motifs is 1. The maximum Gasteiger partial charge on any atom is 0.251 e. The number of nitrogens with one attached hydrogen (secondary N) is 1. The third-order valence-electron chi connectivity index (χ3n) is 4.16. The molecule has 1 aromatic carbocycles. The van der Waals surface area contributed by atoms with Gasteiger partial charge in [-0.3, -0.25) is 9.78 Å². The molecule has 1 amide bonds. The number of pyridine rings is 1. The number of alkyl halides is 1. The van der Waals surface area contributed by atoms with Crippen molar-refractivity contribution in [3.63, 3.8) is 0 Å². The monoisotopic (exact) mass is 302 g/mol. The van der Waals surface area contributed by atoms with E-state index in [4.69, 9.17) is 11.6 Å². The first-order valence-corrected chi connectivity index (χ1v) is 7.93. The Hall–Kier alpha value is -1.61. The summed E-state index contributed by atoms with van der Waals surface area (Å²) in [6.45, 7) is 0.707. The summed E-state index contributed by atoms with van der Waals surface area (Å²) in [7, 11) is 0. The largest absolute Gasteiger partial charge is 0.352 e. The van der Waals surface area contributed by atoms with E-state index >= 15 is 0 Å². The lowest BCUT2D eigenvalue weighted by Gasteiger charge is -2.25. The summed E-state index contributed by atoms with van der Waals surface area (Å²) in [5.41, 5.74) is 1.54. The number of rotatable bonds is 3. The van der Waals surface area contributed by atoms with Gasteiger partial charge in [0.05, 0.1) is 5.52 Å². The number of hydrogen-bond acceptors (Lipinski definition) is 2. The van der Waals surface area contributed by atoms with Gasteiger partial charge in [-0.2, -0.15) is 0 Å². The Morgan fingerprint density at radius 3 is 3.05 bits per heavy atom. The maximum absolute atomic E-state index is 12.4. The van der Waals surface area contributed by atoms with Crippen molar-refractivity contribution in [2.45, 2.75) is 31.1 Å². The molecule has 1 N–H and O–H groups in total. The first-order valence-electron chi connectivity index (χ1n) is 7.50. The summed E-state index contributed by atoms with van der Waals surface area (Å²) in [4.78, 5) is 16.7. The van der Waals surface area contributed by atoms with Gasteiger partial charge >= 0.3 is 0 Å². The van der Waals surface area contributed by atoms with Crippen LogP contribution in [0.2, 0.25) is 0 Å². The number of aromatic nitrogens is 1. The van der Waals surface area contributed by atoms with Crippen LogP contribution in [-0.2, 0) is 0 Å². The normalized spacial score (nSPS) is 22.1. The van der Waals surface area contributed by atoms with E-state index in [-0.39, 0.29) is 11.3 Å². The summed E-state index contributed by atoms with van der Waals surface area (Å²) < 4.78 is 0. The van der Waals surface area contributed by atoms with E-state index in [9.17, 15) is 4.79 Å². The van der Waals surface area contributed by atoms with E-state index in [1.54, 1.807) is 6.20 Å². The van der Waals surface area contributed by atoms with Gasteiger partial charge < -0.3 is 5.32 Å². The zero-order chi connectivity index (χ0) is 14.7. The molecule has 0 saturated heterocycles. The molecular formula is C17H19ClN2O. The summed E-state index contributed by atoms with van der Waals surface area (Å²) in [5.74, 6) is 0.476. The molecule has 0 bridgehead atoms. The maximum atomic E-state index is 12.4. The smallest absolute Gasteiger partial charge is 0.251 e. The Morgan fingerprint density at radius 1 is 1.29 bits per heavy atom. The van der Waals surface area contributed by atoms with Crippen molar-refractivity contribution in [3.05, 3.63) is 42.1 Å². The zero-order valence-corrected chi connectivity index (χ0v) is 12.6. The van der Waals surface area contributed by atoms with Crippen LogP contribution in [0.1, 0.15) is 36.0 Å². The lowest BCUT2D eigenvalue weighted by molar-refractivity contribution is 0.0945. The number of benzene rings is 1. The van der Waals surface area contributed by atoms with Gasteiger partial charge in [0.25, 0.3) is 5.91 Å². The highest BCUT2D eigenvalue weighted by atomic mass is 35.5. The Balaban J connectivity index is 1.69. The second-order valence-corrected chi connectivity index (χ2v) is 6.33. The Morgan fingerprint density at radius 2 is 2.19 bits per heavy atom. The molecule has 3 rings (SSSR count). The minimum atomic E-state index is -0.0229. The molecule has 2 unspecified atom stereocenters. The van der Waals surface area contributed by atoms with Crippen LogP contribution in [0.3, 0.4) is 0 Å². The van der Waals surface area contributed by atoms with Crippen LogP contribution < -0.4 is 5.32 Å². The number of carbonyl (C=O) groups excluding carboxylic acids is 1. The average molecular weight is 303 g/mol. The van der Waals surface area contributed by atoms with E-state index < -0.39 is 0 Å². The van der Waals surface area contributed by atoms with Gasteiger partial charge in [-0.1, -0.05) is 18.6 Å². The SMILES string of the molecule is O=C(NCC1CCCC(Cl)C1)c1cccc2ncccc12. The molecule has 1 aromatic heterocycles.